The molecule has 3 aliphatic rings. The number of aryl methyl sites for hydroxylation is 1. The third-order valence-corrected chi connectivity index (χ3v) is 8.08. The van der Waals surface area contributed by atoms with Crippen molar-refractivity contribution in [3.8, 4) is 0 Å². The lowest BCUT2D eigenvalue weighted by Gasteiger charge is -2.39. The number of nitrogens with zero attached hydrogens (tertiary/aromatic N) is 4. The first kappa shape index (κ1) is 23.8. The molecule has 2 unspecified atom stereocenters. The third-order valence-electron chi connectivity index (χ3n) is 8.08. The van der Waals surface area contributed by atoms with Gasteiger partial charge < -0.3 is 21.7 Å². The van der Waals surface area contributed by atoms with Crippen LogP contribution in [0.25, 0.3) is 10.9 Å². The molecule has 5 N–H and O–H groups in total. The normalized spacial score (nSPS) is 29.7. The van der Waals surface area contributed by atoms with Gasteiger partial charge >= 0.3 is 0 Å². The van der Waals surface area contributed by atoms with Gasteiger partial charge in [-0.05, 0) is 62.0 Å². The first-order valence-corrected chi connectivity index (χ1v) is 13.0. The minimum atomic E-state index is -0.0635. The first-order chi connectivity index (χ1) is 16.5. The average molecular weight is 478 g/mol. The van der Waals surface area contributed by atoms with Crippen LogP contribution in [0.3, 0.4) is 0 Å². The van der Waals surface area contributed by atoms with Gasteiger partial charge in [0, 0.05) is 18.0 Å². The van der Waals surface area contributed by atoms with Gasteiger partial charge in [0.25, 0.3) is 5.91 Å². The molecule has 2 aliphatic carbocycles. The second-order valence-electron chi connectivity index (χ2n) is 12.2. The lowest BCUT2D eigenvalue weighted by atomic mass is 9.65. The predicted molar refractivity (Wildman–Crippen MR) is 140 cm³/mol. The van der Waals surface area contributed by atoms with Gasteiger partial charge in [0.05, 0.1) is 17.6 Å². The van der Waals surface area contributed by atoms with E-state index in [1.807, 2.05) is 17.0 Å². The Balaban J connectivity index is 1.50. The zero-order chi connectivity index (χ0) is 25.0. The number of nitrogens with two attached hydrogens (primary N) is 2. The Morgan fingerprint density at radius 3 is 2.69 bits per heavy atom. The highest BCUT2D eigenvalue weighted by Crippen LogP contribution is 2.52. The number of aliphatic imine (C=N–C) groups is 1. The molecule has 4 atom stereocenters. The molecule has 188 valence electrons. The molecule has 2 bridgehead atoms. The number of amides is 1. The molecule has 35 heavy (non-hydrogen) atoms. The molecule has 0 radical (unpaired) electrons. The number of carbonyl (C=O) groups excluding carboxylic acids is 1. The van der Waals surface area contributed by atoms with Crippen molar-refractivity contribution < 1.29 is 4.79 Å². The summed E-state index contributed by atoms with van der Waals surface area (Å²) in [6, 6.07) is 6.38. The fourth-order valence-corrected chi connectivity index (χ4v) is 7.08. The van der Waals surface area contributed by atoms with Crippen LogP contribution in [0.4, 0.5) is 5.82 Å². The van der Waals surface area contributed by atoms with E-state index in [1.165, 1.54) is 0 Å². The number of anilines is 1. The van der Waals surface area contributed by atoms with E-state index in [4.69, 9.17) is 21.4 Å². The summed E-state index contributed by atoms with van der Waals surface area (Å²) in [5.74, 6) is 1.01. The van der Waals surface area contributed by atoms with Crippen molar-refractivity contribution in [1.82, 2.24) is 14.9 Å². The van der Waals surface area contributed by atoms with Gasteiger partial charge in [-0.25, -0.2) is 15.0 Å². The predicted octanol–water partition coefficient (Wildman–Crippen LogP) is 3.98. The summed E-state index contributed by atoms with van der Waals surface area (Å²) in [6.07, 6.45) is 7.29. The van der Waals surface area contributed by atoms with Crippen LogP contribution in [0.2, 0.25) is 0 Å². The lowest BCUT2D eigenvalue weighted by Crippen LogP contribution is -2.39. The first-order valence-electron chi connectivity index (χ1n) is 13.0. The second-order valence-corrected chi connectivity index (χ2v) is 12.2. The number of hydrogen-bond acceptors (Lipinski definition) is 5. The summed E-state index contributed by atoms with van der Waals surface area (Å²) >= 11 is 0. The molecular weight excluding hydrogens is 438 g/mol. The molecule has 2 heterocycles. The topological polar surface area (TPSA) is 123 Å². The number of guanidine groups is 1. The maximum atomic E-state index is 13.8. The van der Waals surface area contributed by atoms with Crippen LogP contribution >= 0.6 is 0 Å². The van der Waals surface area contributed by atoms with Crippen molar-refractivity contribution in [2.45, 2.75) is 90.8 Å². The number of hydrogen-bond donors (Lipinski definition) is 3. The number of benzene rings is 1. The minimum absolute atomic E-state index is 0.0114. The Morgan fingerprint density at radius 2 is 1.91 bits per heavy atom. The number of carbonyl (C=O) groups is 1. The molecule has 1 aromatic carbocycles. The van der Waals surface area contributed by atoms with Crippen molar-refractivity contribution in [3.63, 3.8) is 0 Å². The summed E-state index contributed by atoms with van der Waals surface area (Å²) < 4.78 is 0. The summed E-state index contributed by atoms with van der Waals surface area (Å²) in [5, 5.41) is 4.54. The second kappa shape index (κ2) is 8.64. The van der Waals surface area contributed by atoms with E-state index in [2.05, 4.69) is 44.1 Å². The van der Waals surface area contributed by atoms with Crippen LogP contribution in [-0.4, -0.2) is 51.4 Å². The molecule has 1 amide bonds. The van der Waals surface area contributed by atoms with Gasteiger partial charge in [-0.15, -0.1) is 0 Å². The van der Waals surface area contributed by atoms with Crippen LogP contribution in [0, 0.1) is 17.8 Å². The molecule has 1 saturated heterocycles. The summed E-state index contributed by atoms with van der Waals surface area (Å²) in [7, 11) is 0. The highest BCUT2D eigenvalue weighted by atomic mass is 16.2. The molecule has 8 heteroatoms. The molecule has 0 spiro atoms. The monoisotopic (exact) mass is 477 g/mol. The largest absolute Gasteiger partial charge is 0.370 e. The van der Waals surface area contributed by atoms with Gasteiger partial charge in [0.1, 0.15) is 5.82 Å². The number of nitrogens with one attached hydrogen (secondary N) is 1. The van der Waals surface area contributed by atoms with Gasteiger partial charge in [-0.2, -0.15) is 0 Å². The van der Waals surface area contributed by atoms with Crippen LogP contribution in [0.5, 0.6) is 0 Å². The molecule has 5 rings (SSSR count). The van der Waals surface area contributed by atoms with Gasteiger partial charge in [-0.3, -0.25) is 4.79 Å². The van der Waals surface area contributed by atoms with Crippen LogP contribution in [0.15, 0.2) is 23.2 Å². The number of likely N-dealkylation sites (tertiary alicyclic amines) is 1. The molecule has 3 fully saturated rings. The van der Waals surface area contributed by atoms with E-state index in [1.54, 1.807) is 0 Å². The van der Waals surface area contributed by atoms with Crippen molar-refractivity contribution in [2.75, 3.05) is 11.9 Å². The van der Waals surface area contributed by atoms with Gasteiger partial charge in [0.2, 0.25) is 5.82 Å². The summed E-state index contributed by atoms with van der Waals surface area (Å²) in [5.41, 5.74) is 13.7. The smallest absolute Gasteiger partial charge is 0.292 e. The minimum Gasteiger partial charge on any atom is -0.370 e. The van der Waals surface area contributed by atoms with E-state index in [0.717, 1.165) is 68.0 Å². The van der Waals surface area contributed by atoms with Crippen molar-refractivity contribution in [1.29, 1.82) is 0 Å². The Hall–Kier alpha value is -2.90. The standard InChI is InChI=1S/C27H39N7O/c1-16-9-10-19-18(11-16)22(31-20-7-5-6-8-21(20)32-25(28)29)33-23(30-19)24(35)34-15-27(4)13-17(34)12-26(2,3)14-27/h9-11,17,20-21H,5-8,12-15H2,1-4H3,(H4,28,29,32)(H,30,31,33)/t17-,20?,21?,27+/m0/s1. The number of rotatable bonds is 4. The molecule has 1 aliphatic heterocycles. The highest BCUT2D eigenvalue weighted by molar-refractivity contribution is 5.97. The highest BCUT2D eigenvalue weighted by Gasteiger charge is 2.51. The Kier molecular flexibility index (Phi) is 5.88. The molecule has 2 aromatic rings. The van der Waals surface area contributed by atoms with Crippen LogP contribution < -0.4 is 16.8 Å². The van der Waals surface area contributed by atoms with E-state index < -0.39 is 0 Å². The fraction of sp³-hybridized carbons (Fsp3) is 0.630. The maximum Gasteiger partial charge on any atom is 0.292 e. The molecule has 2 saturated carbocycles. The SMILES string of the molecule is Cc1ccc2nc(C(=O)N3C[C@]4(C)C[C@@H]3CC(C)(C)C4)nc(NC3CCCCC3N=C(N)N)c2c1. The van der Waals surface area contributed by atoms with Crippen LogP contribution in [-0.2, 0) is 0 Å². The van der Waals surface area contributed by atoms with Crippen LogP contribution in [0.1, 0.15) is 81.9 Å². The number of fused-ring (bicyclic) bond motifs is 3. The van der Waals surface area contributed by atoms with E-state index >= 15 is 0 Å². The van der Waals surface area contributed by atoms with Gasteiger partial charge in [-0.1, -0.05) is 45.2 Å². The average Bonchev–Trinajstić information content (AvgIpc) is 3.02. The quantitative estimate of drug-likeness (QED) is 0.452. The van der Waals surface area contributed by atoms with E-state index in [-0.39, 0.29) is 46.6 Å². The molecule has 1 aromatic heterocycles. The number of aromatic nitrogens is 2. The van der Waals surface area contributed by atoms with Crippen molar-refractivity contribution in [2.24, 2.45) is 27.3 Å². The zero-order valence-electron chi connectivity index (χ0n) is 21.5. The van der Waals surface area contributed by atoms with E-state index in [0.29, 0.717) is 5.82 Å². The van der Waals surface area contributed by atoms with Gasteiger partial charge in [0.15, 0.2) is 5.96 Å². The zero-order valence-corrected chi connectivity index (χ0v) is 21.5. The lowest BCUT2D eigenvalue weighted by molar-refractivity contribution is 0.0696. The Morgan fingerprint density at radius 1 is 1.14 bits per heavy atom. The van der Waals surface area contributed by atoms with E-state index in [9.17, 15) is 4.79 Å². The Bertz CT molecular complexity index is 1170. The molecular formula is C27H39N7O. The van der Waals surface area contributed by atoms with Crippen molar-refractivity contribution >= 4 is 28.6 Å². The Labute approximate surface area is 208 Å². The van der Waals surface area contributed by atoms with Crippen molar-refractivity contribution in [3.05, 3.63) is 29.6 Å². The maximum absolute atomic E-state index is 13.8. The molecule has 8 nitrogen and oxygen atoms in total. The summed E-state index contributed by atoms with van der Waals surface area (Å²) in [4.78, 5) is 29.9. The summed E-state index contributed by atoms with van der Waals surface area (Å²) in [6.45, 7) is 9.78. The fourth-order valence-electron chi connectivity index (χ4n) is 7.08. The third kappa shape index (κ3) is 4.80.